The van der Waals surface area contributed by atoms with Crippen LogP contribution < -0.4 is 9.64 Å². The third-order valence-corrected chi connectivity index (χ3v) is 10.9. The topological polar surface area (TPSA) is 84.0 Å². The van der Waals surface area contributed by atoms with Gasteiger partial charge in [0.05, 0.1) is 23.2 Å². The van der Waals surface area contributed by atoms with Crippen LogP contribution in [0.1, 0.15) is 50.7 Å². The highest BCUT2D eigenvalue weighted by molar-refractivity contribution is 7.91. The fraction of sp³-hybridized carbons (Fsp3) is 0.400. The maximum Gasteiger partial charge on any atom is 0.246 e. The van der Waals surface area contributed by atoms with Gasteiger partial charge in [0.2, 0.25) is 10.0 Å². The number of ether oxygens (including phenoxy) is 1. The molecule has 39 heavy (non-hydrogen) atoms. The van der Waals surface area contributed by atoms with E-state index in [1.54, 1.807) is 24.4 Å². The van der Waals surface area contributed by atoms with E-state index in [9.17, 15) is 16.8 Å². The number of rotatable bonds is 9. The molecule has 9 heteroatoms. The van der Waals surface area contributed by atoms with Crippen LogP contribution in [-0.4, -0.2) is 46.6 Å². The quantitative estimate of drug-likeness (QED) is 0.310. The highest BCUT2D eigenvalue weighted by atomic mass is 32.2. The maximum absolute atomic E-state index is 14.7. The van der Waals surface area contributed by atoms with Gasteiger partial charge in [-0.3, -0.25) is 0 Å². The molecule has 3 aromatic rings. The van der Waals surface area contributed by atoms with Gasteiger partial charge in [-0.05, 0) is 67.3 Å². The van der Waals surface area contributed by atoms with Gasteiger partial charge in [-0.2, -0.15) is 4.31 Å². The molecule has 7 nitrogen and oxygen atoms in total. The van der Waals surface area contributed by atoms with Gasteiger partial charge in [-0.1, -0.05) is 57.0 Å². The monoisotopic (exact) mass is 570 g/mol. The summed E-state index contributed by atoms with van der Waals surface area (Å²) in [5.41, 5.74) is 1.74. The van der Waals surface area contributed by atoms with Crippen molar-refractivity contribution < 1.29 is 21.6 Å². The van der Waals surface area contributed by atoms with Crippen LogP contribution >= 0.6 is 0 Å². The van der Waals surface area contributed by atoms with Crippen LogP contribution in [0.5, 0.6) is 5.75 Å². The van der Waals surface area contributed by atoms with Crippen molar-refractivity contribution in [1.29, 1.82) is 0 Å². The number of para-hydroxylation sites is 1. The molecule has 1 heterocycles. The number of sulfonamides is 1. The Bertz CT molecular complexity index is 1520. The van der Waals surface area contributed by atoms with Crippen LogP contribution in [-0.2, 0) is 26.4 Å². The zero-order chi connectivity index (χ0) is 28.4. The van der Waals surface area contributed by atoms with Crippen molar-refractivity contribution in [2.24, 2.45) is 0 Å². The molecule has 0 saturated carbocycles. The van der Waals surface area contributed by atoms with Crippen LogP contribution in [0.15, 0.2) is 76.5 Å². The van der Waals surface area contributed by atoms with E-state index in [2.05, 4.69) is 6.92 Å². The van der Waals surface area contributed by atoms with Crippen LogP contribution in [0.3, 0.4) is 0 Å². The maximum atomic E-state index is 14.7. The number of methoxy groups -OCH3 is 1. The summed E-state index contributed by atoms with van der Waals surface area (Å²) in [5.74, 6) is 0.703. The van der Waals surface area contributed by atoms with Gasteiger partial charge in [0.15, 0.2) is 9.84 Å². The molecule has 1 unspecified atom stereocenters. The largest absolute Gasteiger partial charge is 0.497 e. The predicted octanol–water partition coefficient (Wildman–Crippen LogP) is 6.09. The van der Waals surface area contributed by atoms with Gasteiger partial charge < -0.3 is 9.64 Å². The van der Waals surface area contributed by atoms with Gasteiger partial charge >= 0.3 is 0 Å². The van der Waals surface area contributed by atoms with Gasteiger partial charge in [-0.25, -0.2) is 16.8 Å². The second-order valence-electron chi connectivity index (χ2n) is 10.3. The van der Waals surface area contributed by atoms with Crippen LogP contribution in [0.2, 0.25) is 0 Å². The third-order valence-electron chi connectivity index (χ3n) is 7.70. The van der Waals surface area contributed by atoms with E-state index in [0.717, 1.165) is 30.3 Å². The Morgan fingerprint density at radius 2 is 1.67 bits per heavy atom. The fourth-order valence-corrected chi connectivity index (χ4v) is 8.54. The number of hydrogen-bond donors (Lipinski definition) is 0. The molecule has 0 aliphatic carbocycles. The summed E-state index contributed by atoms with van der Waals surface area (Å²) in [6.07, 6.45) is 4.21. The first-order valence-corrected chi connectivity index (χ1v) is 16.6. The fourth-order valence-electron chi connectivity index (χ4n) is 5.46. The minimum atomic E-state index is -4.04. The Labute approximate surface area is 233 Å². The van der Waals surface area contributed by atoms with Crippen molar-refractivity contribution in [3.05, 3.63) is 77.9 Å². The molecular weight excluding hydrogens is 532 g/mol. The Kier molecular flexibility index (Phi) is 8.44. The van der Waals surface area contributed by atoms with Crippen molar-refractivity contribution in [3.8, 4) is 5.75 Å². The average molecular weight is 571 g/mol. The van der Waals surface area contributed by atoms with Gasteiger partial charge in [0, 0.05) is 25.0 Å². The number of unbranched alkanes of at least 4 members (excludes halogenated alkanes) is 1. The van der Waals surface area contributed by atoms with Gasteiger partial charge in [0.1, 0.15) is 10.6 Å². The van der Waals surface area contributed by atoms with E-state index in [4.69, 9.17) is 4.74 Å². The van der Waals surface area contributed by atoms with E-state index >= 15 is 0 Å². The summed E-state index contributed by atoms with van der Waals surface area (Å²) in [6.45, 7) is 6.38. The Morgan fingerprint density at radius 3 is 2.23 bits per heavy atom. The molecule has 0 N–H and O–H groups in total. The number of nitrogens with zero attached hydrogens (tertiary/aromatic N) is 2. The molecule has 3 aromatic carbocycles. The van der Waals surface area contributed by atoms with Crippen molar-refractivity contribution in [2.75, 3.05) is 24.8 Å². The standard InChI is InChI=1S/C30H38N2O5S2/c1-6-8-18-30(7-2)22-31(25-12-10-9-11-13-25)27-20-28(38(5,33)34)23(3)19-29(27)39(35,36)32(30)21-24-14-16-26(37-4)17-15-24/h9-17,19-20H,6-8,18,21-22H2,1-5H3. The molecule has 210 valence electrons. The molecule has 1 aliphatic rings. The number of hydrogen-bond acceptors (Lipinski definition) is 6. The second-order valence-corrected chi connectivity index (χ2v) is 14.1. The molecule has 1 aliphatic heterocycles. The molecule has 1 atom stereocenters. The average Bonchev–Trinajstić information content (AvgIpc) is 2.99. The van der Waals surface area contributed by atoms with E-state index < -0.39 is 25.4 Å². The SMILES string of the molecule is CCCCC1(CC)CN(c2ccccc2)c2cc(S(C)(=O)=O)c(C)cc2S(=O)(=O)N1Cc1ccc(OC)cc1. The molecule has 0 fully saturated rings. The number of sulfone groups is 1. The lowest BCUT2D eigenvalue weighted by Crippen LogP contribution is -2.54. The molecular formula is C30H38N2O5S2. The number of aryl methyl sites for hydroxylation is 1. The lowest BCUT2D eigenvalue weighted by Gasteiger charge is -2.43. The summed E-state index contributed by atoms with van der Waals surface area (Å²) in [4.78, 5) is 2.25. The molecule has 0 saturated heterocycles. The highest BCUT2D eigenvalue weighted by Gasteiger charge is 2.48. The van der Waals surface area contributed by atoms with E-state index in [1.807, 2.05) is 66.4 Å². The van der Waals surface area contributed by atoms with Gasteiger partial charge in [0.25, 0.3) is 0 Å². The Balaban J connectivity index is 2.02. The normalized spacial score (nSPS) is 19.4. The van der Waals surface area contributed by atoms with Crippen molar-refractivity contribution in [3.63, 3.8) is 0 Å². The van der Waals surface area contributed by atoms with Crippen molar-refractivity contribution >= 4 is 31.2 Å². The first-order valence-electron chi connectivity index (χ1n) is 13.3. The van der Waals surface area contributed by atoms with Crippen molar-refractivity contribution in [2.45, 2.75) is 68.3 Å². The minimum absolute atomic E-state index is 0.122. The summed E-state index contributed by atoms with van der Waals surface area (Å²) >= 11 is 0. The Hall–Kier alpha value is -2.88. The summed E-state index contributed by atoms with van der Waals surface area (Å²) in [5, 5.41) is 0. The van der Waals surface area contributed by atoms with E-state index in [1.165, 1.54) is 6.07 Å². The first kappa shape index (κ1) is 29.1. The smallest absolute Gasteiger partial charge is 0.246 e. The molecule has 0 spiro atoms. The molecule has 4 rings (SSSR count). The predicted molar refractivity (Wildman–Crippen MR) is 156 cm³/mol. The first-order chi connectivity index (χ1) is 18.5. The number of benzene rings is 3. The number of anilines is 2. The second kappa shape index (κ2) is 11.3. The zero-order valence-corrected chi connectivity index (χ0v) is 25.0. The lowest BCUT2D eigenvalue weighted by molar-refractivity contribution is 0.163. The third kappa shape index (κ3) is 5.71. The van der Waals surface area contributed by atoms with Crippen molar-refractivity contribution in [1.82, 2.24) is 4.31 Å². The Morgan fingerprint density at radius 1 is 1.00 bits per heavy atom. The molecule has 0 bridgehead atoms. The van der Waals surface area contributed by atoms with Crippen LogP contribution in [0.25, 0.3) is 0 Å². The summed E-state index contributed by atoms with van der Waals surface area (Å²) in [7, 11) is -6.03. The highest BCUT2D eigenvalue weighted by Crippen LogP contribution is 2.45. The molecule has 0 radical (unpaired) electrons. The van der Waals surface area contributed by atoms with E-state index in [0.29, 0.717) is 36.4 Å². The molecule has 0 amide bonds. The van der Waals surface area contributed by atoms with Crippen LogP contribution in [0, 0.1) is 6.92 Å². The van der Waals surface area contributed by atoms with E-state index in [-0.39, 0.29) is 16.3 Å². The summed E-state index contributed by atoms with van der Waals surface area (Å²) < 4.78 is 61.8. The van der Waals surface area contributed by atoms with Crippen LogP contribution in [0.4, 0.5) is 11.4 Å². The zero-order valence-electron chi connectivity index (χ0n) is 23.3. The van der Waals surface area contributed by atoms with Gasteiger partial charge in [-0.15, -0.1) is 0 Å². The minimum Gasteiger partial charge on any atom is -0.497 e. The summed E-state index contributed by atoms with van der Waals surface area (Å²) in [6, 6.07) is 20.2. The lowest BCUT2D eigenvalue weighted by atomic mass is 9.88. The number of fused-ring (bicyclic) bond motifs is 1. The molecule has 0 aromatic heterocycles.